The normalized spacial score (nSPS) is 12.2. The van der Waals surface area contributed by atoms with Crippen molar-refractivity contribution in [2.75, 3.05) is 0 Å². The Morgan fingerprint density at radius 3 is 2.52 bits per heavy atom. The van der Waals surface area contributed by atoms with E-state index in [1.807, 2.05) is 36.4 Å². The summed E-state index contributed by atoms with van der Waals surface area (Å²) in [5.41, 5.74) is 6.66. The first-order valence-electron chi connectivity index (χ1n) is 10.4. The minimum absolute atomic E-state index is 0.362. The molecule has 5 rings (SSSR count). The molecule has 0 radical (unpaired) electrons. The first kappa shape index (κ1) is 21.0. The van der Waals surface area contributed by atoms with Crippen LogP contribution in [0.25, 0.3) is 33.3 Å². The number of halogens is 2. The van der Waals surface area contributed by atoms with E-state index in [0.29, 0.717) is 17.1 Å². The van der Waals surface area contributed by atoms with Gasteiger partial charge in [-0.1, -0.05) is 54.9 Å². The number of fused-ring (bicyclic) bond motifs is 1. The summed E-state index contributed by atoms with van der Waals surface area (Å²) in [6.45, 7) is 2.05. The number of nitrogens with one attached hydrogen (secondary N) is 2. The minimum Gasteiger partial charge on any atom is -0.339 e. The Hall–Kier alpha value is -3.90. The Bertz CT molecular complexity index is 1540. The number of hydrogen-bond acceptors (Lipinski definition) is 3. The van der Waals surface area contributed by atoms with Gasteiger partial charge in [-0.25, -0.2) is 14.3 Å². The van der Waals surface area contributed by atoms with E-state index in [9.17, 15) is 9.18 Å². The van der Waals surface area contributed by atoms with Crippen molar-refractivity contribution in [1.29, 1.82) is 0 Å². The number of aromatic amines is 2. The lowest BCUT2D eigenvalue weighted by atomic mass is 9.87. The molecular weight excluding hydrogens is 441 g/mol. The lowest BCUT2D eigenvalue weighted by Gasteiger charge is -2.18. The van der Waals surface area contributed by atoms with Gasteiger partial charge in [-0.2, -0.15) is 5.10 Å². The summed E-state index contributed by atoms with van der Waals surface area (Å²) in [6.07, 6.45) is 2.46. The van der Waals surface area contributed by atoms with Gasteiger partial charge < -0.3 is 4.52 Å². The summed E-state index contributed by atoms with van der Waals surface area (Å²) < 4.78 is 18.6. The molecule has 7 heteroatoms. The minimum atomic E-state index is -0.428. The zero-order valence-electron chi connectivity index (χ0n) is 17.7. The molecule has 2 heterocycles. The molecule has 0 unspecified atom stereocenters. The summed E-state index contributed by atoms with van der Waals surface area (Å²) in [7, 11) is 0. The van der Waals surface area contributed by atoms with Crippen LogP contribution in [0.15, 0.2) is 82.2 Å². The molecule has 0 saturated heterocycles. The number of nitrogens with zero attached hydrogens (tertiary/aromatic N) is 1. The summed E-state index contributed by atoms with van der Waals surface area (Å²) in [5, 5.41) is 11.1. The number of H-pyrrole nitrogens is 2. The maximum atomic E-state index is 13.8. The first-order chi connectivity index (χ1) is 16.0. The Morgan fingerprint density at radius 1 is 1.03 bits per heavy atom. The molecule has 2 N–H and O–H groups in total. The van der Waals surface area contributed by atoms with Gasteiger partial charge in [0, 0.05) is 10.9 Å². The molecule has 2 aromatic heterocycles. The predicted octanol–water partition coefficient (Wildman–Crippen LogP) is 6.67. The molecule has 0 fully saturated rings. The number of allylic oxidation sites excluding steroid dienone is 1. The highest BCUT2D eigenvalue weighted by Gasteiger charge is 2.17. The molecular formula is C26H19ClFN3O2. The Balaban J connectivity index is 1.73. The van der Waals surface area contributed by atoms with Crippen molar-refractivity contribution in [3.05, 3.63) is 111 Å². The van der Waals surface area contributed by atoms with E-state index in [2.05, 4.69) is 28.3 Å². The second-order valence-corrected chi connectivity index (χ2v) is 8.07. The average molecular weight is 460 g/mol. The molecule has 0 atom stereocenters. The summed E-state index contributed by atoms with van der Waals surface area (Å²) in [5.74, 6) is -0.376. The molecule has 0 aliphatic rings. The van der Waals surface area contributed by atoms with Gasteiger partial charge in [0.2, 0.25) is 0 Å². The number of benzene rings is 3. The van der Waals surface area contributed by atoms with Gasteiger partial charge in [0.05, 0.1) is 28.5 Å². The molecule has 0 bridgehead atoms. The van der Waals surface area contributed by atoms with Crippen molar-refractivity contribution in [2.45, 2.75) is 13.3 Å². The van der Waals surface area contributed by atoms with E-state index in [1.165, 1.54) is 18.2 Å². The Morgan fingerprint density at radius 2 is 1.82 bits per heavy atom. The second kappa shape index (κ2) is 8.56. The van der Waals surface area contributed by atoms with Crippen molar-refractivity contribution in [3.8, 4) is 11.3 Å². The predicted molar refractivity (Wildman–Crippen MR) is 128 cm³/mol. The van der Waals surface area contributed by atoms with Crippen LogP contribution in [0.3, 0.4) is 0 Å². The van der Waals surface area contributed by atoms with Crippen molar-refractivity contribution in [3.63, 3.8) is 0 Å². The molecule has 5 aromatic rings. The van der Waals surface area contributed by atoms with E-state index in [-0.39, 0.29) is 5.82 Å². The van der Waals surface area contributed by atoms with Gasteiger partial charge in [-0.15, -0.1) is 0 Å². The fourth-order valence-corrected chi connectivity index (χ4v) is 4.37. The number of aromatic nitrogens is 3. The maximum absolute atomic E-state index is 13.8. The molecule has 0 aliphatic heterocycles. The number of hydrogen-bond donors (Lipinski definition) is 2. The van der Waals surface area contributed by atoms with Crippen LogP contribution in [0, 0.1) is 5.82 Å². The molecule has 0 saturated carbocycles. The van der Waals surface area contributed by atoms with E-state index in [1.54, 1.807) is 12.3 Å². The van der Waals surface area contributed by atoms with Crippen molar-refractivity contribution in [1.82, 2.24) is 15.4 Å². The molecule has 0 aliphatic carbocycles. The second-order valence-electron chi connectivity index (χ2n) is 7.66. The van der Waals surface area contributed by atoms with Crippen LogP contribution in [-0.2, 0) is 0 Å². The summed E-state index contributed by atoms with van der Waals surface area (Å²) >= 11 is 6.47. The molecule has 0 spiro atoms. The zero-order valence-corrected chi connectivity index (χ0v) is 18.4. The quantitative estimate of drug-likeness (QED) is 0.288. The highest BCUT2D eigenvalue weighted by atomic mass is 35.5. The molecule has 5 nitrogen and oxygen atoms in total. The Labute approximate surface area is 193 Å². The topological polar surface area (TPSA) is 74.7 Å². The molecule has 164 valence electrons. The lowest BCUT2D eigenvalue weighted by molar-refractivity contribution is 0.394. The van der Waals surface area contributed by atoms with E-state index in [4.69, 9.17) is 16.1 Å². The van der Waals surface area contributed by atoms with Crippen molar-refractivity contribution in [2.24, 2.45) is 0 Å². The van der Waals surface area contributed by atoms with Crippen molar-refractivity contribution >= 4 is 33.7 Å². The first-order valence-corrected chi connectivity index (χ1v) is 10.8. The van der Waals surface area contributed by atoms with Crippen molar-refractivity contribution < 1.29 is 8.91 Å². The van der Waals surface area contributed by atoms with Gasteiger partial charge in [-0.3, -0.25) is 5.10 Å². The van der Waals surface area contributed by atoms with Crippen LogP contribution in [0.4, 0.5) is 4.39 Å². The molecule has 0 amide bonds. The van der Waals surface area contributed by atoms with Crippen LogP contribution < -0.4 is 5.63 Å². The van der Waals surface area contributed by atoms with E-state index < -0.39 is 5.63 Å². The third kappa shape index (κ3) is 4.01. The zero-order chi connectivity index (χ0) is 22.9. The van der Waals surface area contributed by atoms with Crippen LogP contribution in [-0.4, -0.2) is 15.4 Å². The maximum Gasteiger partial charge on any atom is 0.357 e. The molecule has 33 heavy (non-hydrogen) atoms. The summed E-state index contributed by atoms with van der Waals surface area (Å²) in [6, 6.07) is 19.8. The van der Waals surface area contributed by atoms with Crippen LogP contribution in [0.5, 0.6) is 0 Å². The van der Waals surface area contributed by atoms with Crippen LogP contribution in [0.1, 0.15) is 30.0 Å². The van der Waals surface area contributed by atoms with E-state index in [0.717, 1.165) is 44.3 Å². The lowest BCUT2D eigenvalue weighted by Crippen LogP contribution is -1.96. The van der Waals surface area contributed by atoms with Gasteiger partial charge in [0.15, 0.2) is 0 Å². The third-order valence-electron chi connectivity index (χ3n) is 5.65. The van der Waals surface area contributed by atoms with Gasteiger partial charge in [0.1, 0.15) is 5.82 Å². The van der Waals surface area contributed by atoms with E-state index >= 15 is 0 Å². The van der Waals surface area contributed by atoms with Crippen LogP contribution >= 0.6 is 11.6 Å². The summed E-state index contributed by atoms with van der Waals surface area (Å²) in [4.78, 5) is 11.4. The fourth-order valence-electron chi connectivity index (χ4n) is 4.09. The standard InChI is InChI=1S/C26H19ClFN3O2/c1-2-20(21-9-8-19(28)12-22(21)27)26(17-7-10-23-18(11-17)14-29-30-23)16-5-3-15(4-6-16)24-13-25(32)33-31-24/h3-14,31H,2H2,1H3,(H,29,30). The highest BCUT2D eigenvalue weighted by molar-refractivity contribution is 6.32. The number of rotatable bonds is 5. The Kier molecular flexibility index (Phi) is 5.44. The molecule has 3 aromatic carbocycles. The van der Waals surface area contributed by atoms with Gasteiger partial charge in [-0.05, 0) is 58.5 Å². The van der Waals surface area contributed by atoms with Crippen LogP contribution in [0.2, 0.25) is 5.02 Å². The third-order valence-corrected chi connectivity index (χ3v) is 5.96. The highest BCUT2D eigenvalue weighted by Crippen LogP contribution is 2.38. The monoisotopic (exact) mass is 459 g/mol. The van der Waals surface area contributed by atoms with Gasteiger partial charge >= 0.3 is 5.63 Å². The SMILES string of the molecule is CCC(=C(c1ccc(-c2cc(=O)o[nH]2)cc1)c1ccc2[nH]ncc2c1)c1ccc(F)cc1Cl. The fraction of sp³-hybridized carbons (Fsp3) is 0.0769. The largest absolute Gasteiger partial charge is 0.357 e. The average Bonchev–Trinajstić information content (AvgIpc) is 3.46. The smallest absolute Gasteiger partial charge is 0.339 e. The van der Waals surface area contributed by atoms with Gasteiger partial charge in [0.25, 0.3) is 0 Å².